The van der Waals surface area contributed by atoms with Gasteiger partial charge < -0.3 is 14.8 Å². The van der Waals surface area contributed by atoms with Crippen LogP contribution in [0.1, 0.15) is 22.2 Å². The van der Waals surface area contributed by atoms with Crippen LogP contribution in [-0.4, -0.2) is 40.5 Å². The van der Waals surface area contributed by atoms with Gasteiger partial charge in [0.15, 0.2) is 5.82 Å². The van der Waals surface area contributed by atoms with Crippen molar-refractivity contribution in [1.82, 2.24) is 14.8 Å². The summed E-state index contributed by atoms with van der Waals surface area (Å²) in [6.07, 6.45) is 0. The molecule has 0 bridgehead atoms. The Balaban J connectivity index is 1.66. The molecule has 0 fully saturated rings. The molecule has 4 aromatic rings. The van der Waals surface area contributed by atoms with Crippen LogP contribution in [0.5, 0.6) is 6.01 Å². The maximum Gasteiger partial charge on any atom is 0.336 e. The van der Waals surface area contributed by atoms with Gasteiger partial charge in [0, 0.05) is 17.9 Å². The zero-order chi connectivity index (χ0) is 22.3. The number of amides is 1. The van der Waals surface area contributed by atoms with Crippen LogP contribution in [0.3, 0.4) is 0 Å². The van der Waals surface area contributed by atoms with Crippen LogP contribution in [0.25, 0.3) is 17.1 Å². The second-order valence-electron chi connectivity index (χ2n) is 6.97. The minimum Gasteiger partial charge on any atom is -0.460 e. The van der Waals surface area contributed by atoms with Crippen molar-refractivity contribution in [3.05, 3.63) is 76.5 Å². The summed E-state index contributed by atoms with van der Waals surface area (Å²) in [5.41, 5.74) is 3.46. The highest BCUT2D eigenvalue weighted by Crippen LogP contribution is 2.27. The topological polar surface area (TPSA) is 78.3 Å². The number of nitrogens with one attached hydrogen (secondary N) is 1. The van der Waals surface area contributed by atoms with E-state index in [1.807, 2.05) is 73.8 Å². The van der Waals surface area contributed by atoms with Crippen molar-refractivity contribution in [2.45, 2.75) is 13.8 Å². The molecule has 0 unspecified atom stereocenters. The molecule has 7 nitrogen and oxygen atoms in total. The molecule has 0 aliphatic rings. The number of carbonyl (C=O) groups is 1. The first-order chi connectivity index (χ1) is 15.7. The summed E-state index contributed by atoms with van der Waals surface area (Å²) in [6.45, 7) is 5.43. The van der Waals surface area contributed by atoms with Crippen LogP contribution >= 0.6 is 11.3 Å². The number of thiophene rings is 1. The number of hydrogen-bond acceptors (Lipinski definition) is 6. The van der Waals surface area contributed by atoms with Gasteiger partial charge in [0.25, 0.3) is 5.91 Å². The lowest BCUT2D eigenvalue weighted by Gasteiger charge is -2.10. The lowest BCUT2D eigenvalue weighted by Crippen LogP contribution is -2.10. The third-order valence-corrected chi connectivity index (χ3v) is 5.60. The molecule has 0 aliphatic heterocycles. The minimum absolute atomic E-state index is 0.144. The lowest BCUT2D eigenvalue weighted by molar-refractivity contribution is 0.103. The van der Waals surface area contributed by atoms with E-state index in [-0.39, 0.29) is 11.9 Å². The van der Waals surface area contributed by atoms with Crippen LogP contribution in [0, 0.1) is 6.92 Å². The van der Waals surface area contributed by atoms with Crippen molar-refractivity contribution in [2.24, 2.45) is 0 Å². The molecule has 2 heterocycles. The minimum atomic E-state index is -0.144. The molecule has 1 N–H and O–H groups in total. The number of ether oxygens (including phenoxy) is 2. The fourth-order valence-electron chi connectivity index (χ4n) is 3.18. The molecule has 0 radical (unpaired) electrons. The van der Waals surface area contributed by atoms with E-state index in [2.05, 4.69) is 15.4 Å². The summed E-state index contributed by atoms with van der Waals surface area (Å²) in [5, 5.41) is 9.40. The summed E-state index contributed by atoms with van der Waals surface area (Å²) >= 11 is 1.40. The Hall–Kier alpha value is -3.49. The highest BCUT2D eigenvalue weighted by molar-refractivity contribution is 7.12. The third-order valence-electron chi connectivity index (χ3n) is 4.73. The van der Waals surface area contributed by atoms with Gasteiger partial charge in [0.05, 0.1) is 17.2 Å². The standard InChI is InChI=1S/C24H24N4O3S/c1-3-30-13-14-31-24-26-22(20-11-5-4-8-17(20)2)28(27-24)19-10-6-9-18(16-19)25-23(29)21-12-7-15-32-21/h4-12,15-16H,3,13-14H2,1-2H3,(H,25,29). The van der Waals surface area contributed by atoms with E-state index in [0.717, 1.165) is 16.8 Å². The summed E-state index contributed by atoms with van der Waals surface area (Å²) < 4.78 is 12.8. The Kier molecular flexibility index (Phi) is 6.94. The summed E-state index contributed by atoms with van der Waals surface area (Å²) in [5.74, 6) is 0.519. The number of aromatic nitrogens is 3. The lowest BCUT2D eigenvalue weighted by atomic mass is 10.1. The normalized spacial score (nSPS) is 10.8. The second-order valence-corrected chi connectivity index (χ2v) is 7.92. The smallest absolute Gasteiger partial charge is 0.336 e. The molecule has 32 heavy (non-hydrogen) atoms. The molecule has 0 saturated carbocycles. The van der Waals surface area contributed by atoms with Crippen molar-refractivity contribution < 1.29 is 14.3 Å². The van der Waals surface area contributed by atoms with Crippen molar-refractivity contribution in [2.75, 3.05) is 25.1 Å². The van der Waals surface area contributed by atoms with E-state index in [0.29, 0.717) is 36.2 Å². The van der Waals surface area contributed by atoms with Gasteiger partial charge >= 0.3 is 6.01 Å². The van der Waals surface area contributed by atoms with E-state index >= 15 is 0 Å². The number of nitrogens with zero attached hydrogens (tertiary/aromatic N) is 3. The molecular formula is C24H24N4O3S. The van der Waals surface area contributed by atoms with Crippen LogP contribution in [0.4, 0.5) is 5.69 Å². The number of rotatable bonds is 9. The third kappa shape index (κ3) is 5.04. The van der Waals surface area contributed by atoms with Crippen molar-refractivity contribution in [3.63, 3.8) is 0 Å². The first kappa shape index (κ1) is 21.7. The van der Waals surface area contributed by atoms with Gasteiger partial charge in [0.2, 0.25) is 0 Å². The van der Waals surface area contributed by atoms with Crippen LogP contribution in [-0.2, 0) is 4.74 Å². The highest BCUT2D eigenvalue weighted by Gasteiger charge is 2.17. The summed E-state index contributed by atoms with van der Waals surface area (Å²) in [4.78, 5) is 17.8. The molecule has 4 rings (SSSR count). The number of benzene rings is 2. The Labute approximate surface area is 190 Å². The zero-order valence-electron chi connectivity index (χ0n) is 17.9. The molecule has 0 aliphatic carbocycles. The number of hydrogen-bond donors (Lipinski definition) is 1. The number of anilines is 1. The van der Waals surface area contributed by atoms with E-state index in [1.165, 1.54) is 11.3 Å². The van der Waals surface area contributed by atoms with E-state index < -0.39 is 0 Å². The predicted octanol–water partition coefficient (Wildman–Crippen LogP) is 4.97. The van der Waals surface area contributed by atoms with Gasteiger partial charge in [-0.2, -0.15) is 4.98 Å². The molecular weight excluding hydrogens is 424 g/mol. The maximum atomic E-state index is 12.5. The first-order valence-electron chi connectivity index (χ1n) is 10.3. The van der Waals surface area contributed by atoms with Gasteiger partial charge in [0.1, 0.15) is 6.61 Å². The van der Waals surface area contributed by atoms with Crippen LogP contribution in [0.15, 0.2) is 66.0 Å². The first-order valence-corrected chi connectivity index (χ1v) is 11.2. The number of aryl methyl sites for hydroxylation is 1. The summed E-state index contributed by atoms with van der Waals surface area (Å²) in [6, 6.07) is 19.4. The Morgan fingerprint density at radius 3 is 2.75 bits per heavy atom. The maximum absolute atomic E-state index is 12.5. The Morgan fingerprint density at radius 1 is 1.09 bits per heavy atom. The molecule has 2 aromatic heterocycles. The number of carbonyl (C=O) groups excluding carboxylic acids is 1. The van der Waals surface area contributed by atoms with Crippen molar-refractivity contribution in [1.29, 1.82) is 0 Å². The van der Waals surface area contributed by atoms with Crippen molar-refractivity contribution in [3.8, 4) is 23.1 Å². The van der Waals surface area contributed by atoms with Gasteiger partial charge in [-0.1, -0.05) is 36.4 Å². The van der Waals surface area contributed by atoms with Gasteiger partial charge in [-0.15, -0.1) is 16.4 Å². The zero-order valence-corrected chi connectivity index (χ0v) is 18.8. The monoisotopic (exact) mass is 448 g/mol. The Morgan fingerprint density at radius 2 is 1.97 bits per heavy atom. The molecule has 164 valence electrons. The average Bonchev–Trinajstić information content (AvgIpc) is 3.48. The molecule has 2 aromatic carbocycles. The van der Waals surface area contributed by atoms with E-state index in [1.54, 1.807) is 10.7 Å². The highest BCUT2D eigenvalue weighted by atomic mass is 32.1. The molecule has 8 heteroatoms. The van der Waals surface area contributed by atoms with Gasteiger partial charge in [-0.3, -0.25) is 4.79 Å². The Bertz CT molecular complexity index is 1190. The second kappa shape index (κ2) is 10.2. The SMILES string of the molecule is CCOCCOc1nc(-c2ccccc2C)n(-c2cccc(NC(=O)c3cccs3)c2)n1. The molecule has 1 amide bonds. The average molecular weight is 449 g/mol. The molecule has 0 saturated heterocycles. The fraction of sp³-hybridized carbons (Fsp3) is 0.208. The van der Waals surface area contributed by atoms with E-state index in [4.69, 9.17) is 9.47 Å². The molecule has 0 atom stereocenters. The van der Waals surface area contributed by atoms with Crippen molar-refractivity contribution >= 4 is 22.9 Å². The molecule has 0 spiro atoms. The predicted molar refractivity (Wildman–Crippen MR) is 126 cm³/mol. The summed E-state index contributed by atoms with van der Waals surface area (Å²) in [7, 11) is 0. The van der Waals surface area contributed by atoms with Crippen LogP contribution in [0.2, 0.25) is 0 Å². The van der Waals surface area contributed by atoms with E-state index in [9.17, 15) is 4.79 Å². The van der Waals surface area contributed by atoms with Gasteiger partial charge in [-0.05, 0) is 49.1 Å². The van der Waals surface area contributed by atoms with Crippen LogP contribution < -0.4 is 10.1 Å². The largest absolute Gasteiger partial charge is 0.460 e. The fourth-order valence-corrected chi connectivity index (χ4v) is 3.80. The quantitative estimate of drug-likeness (QED) is 0.366. The van der Waals surface area contributed by atoms with Gasteiger partial charge in [-0.25, -0.2) is 4.68 Å².